The van der Waals surface area contributed by atoms with E-state index in [2.05, 4.69) is 45.5 Å². The van der Waals surface area contributed by atoms with E-state index >= 15 is 0 Å². The lowest BCUT2D eigenvalue weighted by molar-refractivity contribution is 0.0469. The molecule has 0 saturated heterocycles. The molecule has 1 unspecified atom stereocenters. The lowest BCUT2D eigenvalue weighted by Crippen LogP contribution is -2.06. The molecule has 1 aromatic rings. The van der Waals surface area contributed by atoms with Crippen LogP contribution in [0.15, 0.2) is 29.2 Å². The van der Waals surface area contributed by atoms with E-state index in [1.807, 2.05) is 12.1 Å². The molecule has 0 spiro atoms. The Hall–Kier alpha value is -0.470. The molecule has 0 aliphatic carbocycles. The van der Waals surface area contributed by atoms with Crippen LogP contribution >= 0.6 is 12.6 Å². The SMILES string of the molecule is CC(C)COC(C)c1ccc(S)cc1. The number of rotatable bonds is 4. The maximum Gasteiger partial charge on any atom is 0.0796 e. The Kier molecular flexibility index (Phi) is 4.49. The first kappa shape index (κ1) is 11.6. The maximum absolute atomic E-state index is 5.70. The predicted molar refractivity (Wildman–Crippen MR) is 62.9 cm³/mol. The Balaban J connectivity index is 2.52. The van der Waals surface area contributed by atoms with Crippen molar-refractivity contribution in [2.75, 3.05) is 6.61 Å². The first-order valence-corrected chi connectivity index (χ1v) is 5.45. The van der Waals surface area contributed by atoms with Crippen LogP contribution in [0.3, 0.4) is 0 Å². The fraction of sp³-hybridized carbons (Fsp3) is 0.500. The molecule has 1 aromatic carbocycles. The first-order chi connectivity index (χ1) is 6.59. The predicted octanol–water partition coefficient (Wildman–Crippen LogP) is 3.71. The van der Waals surface area contributed by atoms with E-state index in [9.17, 15) is 0 Å². The maximum atomic E-state index is 5.70. The molecule has 0 aromatic heterocycles. The Bertz CT molecular complexity index is 266. The second kappa shape index (κ2) is 5.42. The second-order valence-electron chi connectivity index (χ2n) is 3.96. The Labute approximate surface area is 91.9 Å². The van der Waals surface area contributed by atoms with Crippen molar-refractivity contribution in [3.05, 3.63) is 29.8 Å². The molecule has 0 amide bonds. The molecule has 0 fully saturated rings. The van der Waals surface area contributed by atoms with Gasteiger partial charge in [-0.3, -0.25) is 0 Å². The average molecular weight is 210 g/mol. The van der Waals surface area contributed by atoms with Gasteiger partial charge < -0.3 is 4.74 Å². The largest absolute Gasteiger partial charge is 0.374 e. The molecular formula is C12H18OS. The zero-order chi connectivity index (χ0) is 10.6. The van der Waals surface area contributed by atoms with E-state index in [0.29, 0.717) is 5.92 Å². The molecule has 1 nitrogen and oxygen atoms in total. The van der Waals surface area contributed by atoms with Crippen LogP contribution in [0.5, 0.6) is 0 Å². The third-order valence-electron chi connectivity index (χ3n) is 2.04. The molecule has 0 radical (unpaired) electrons. The van der Waals surface area contributed by atoms with Gasteiger partial charge in [0.25, 0.3) is 0 Å². The lowest BCUT2D eigenvalue weighted by Gasteiger charge is -2.15. The molecule has 1 rings (SSSR count). The van der Waals surface area contributed by atoms with E-state index < -0.39 is 0 Å². The highest BCUT2D eigenvalue weighted by atomic mass is 32.1. The van der Waals surface area contributed by atoms with Gasteiger partial charge in [0.1, 0.15) is 0 Å². The van der Waals surface area contributed by atoms with E-state index in [4.69, 9.17) is 4.74 Å². The van der Waals surface area contributed by atoms with Gasteiger partial charge in [0.2, 0.25) is 0 Å². The highest BCUT2D eigenvalue weighted by Crippen LogP contribution is 2.19. The fourth-order valence-electron chi connectivity index (χ4n) is 1.18. The van der Waals surface area contributed by atoms with Crippen LogP contribution in [0, 0.1) is 5.92 Å². The molecule has 1 atom stereocenters. The zero-order valence-electron chi connectivity index (χ0n) is 9.03. The van der Waals surface area contributed by atoms with E-state index in [1.54, 1.807) is 0 Å². The third-order valence-corrected chi connectivity index (χ3v) is 2.34. The Morgan fingerprint density at radius 2 is 1.71 bits per heavy atom. The quantitative estimate of drug-likeness (QED) is 0.745. The summed E-state index contributed by atoms with van der Waals surface area (Å²) in [6.45, 7) is 7.20. The van der Waals surface area contributed by atoms with Crippen molar-refractivity contribution < 1.29 is 4.74 Å². The van der Waals surface area contributed by atoms with E-state index in [1.165, 1.54) is 5.56 Å². The first-order valence-electron chi connectivity index (χ1n) is 5.00. The molecule has 14 heavy (non-hydrogen) atoms. The van der Waals surface area contributed by atoms with Crippen LogP contribution in [0.2, 0.25) is 0 Å². The summed E-state index contributed by atoms with van der Waals surface area (Å²) in [5.41, 5.74) is 1.21. The topological polar surface area (TPSA) is 9.23 Å². The standard InChI is InChI=1S/C12H18OS/c1-9(2)8-13-10(3)11-4-6-12(14)7-5-11/h4-7,9-10,14H,8H2,1-3H3. The summed E-state index contributed by atoms with van der Waals surface area (Å²) in [5.74, 6) is 0.585. The van der Waals surface area contributed by atoms with Gasteiger partial charge in [0.05, 0.1) is 6.10 Å². The van der Waals surface area contributed by atoms with E-state index in [-0.39, 0.29) is 6.10 Å². The number of benzene rings is 1. The smallest absolute Gasteiger partial charge is 0.0796 e. The summed E-state index contributed by atoms with van der Waals surface area (Å²) in [7, 11) is 0. The molecule has 0 heterocycles. The third kappa shape index (κ3) is 3.72. The minimum absolute atomic E-state index is 0.173. The van der Waals surface area contributed by atoms with Gasteiger partial charge in [-0.2, -0.15) is 0 Å². The molecule has 2 heteroatoms. The summed E-state index contributed by atoms with van der Waals surface area (Å²) in [4.78, 5) is 0.991. The Morgan fingerprint density at radius 3 is 2.21 bits per heavy atom. The number of hydrogen-bond donors (Lipinski definition) is 1. The van der Waals surface area contributed by atoms with Crippen LogP contribution in [-0.2, 0) is 4.74 Å². The van der Waals surface area contributed by atoms with Crippen LogP contribution in [-0.4, -0.2) is 6.61 Å². The van der Waals surface area contributed by atoms with Crippen molar-refractivity contribution in [3.8, 4) is 0 Å². The van der Waals surface area contributed by atoms with Gasteiger partial charge in [-0.05, 0) is 30.5 Å². The Morgan fingerprint density at radius 1 is 1.14 bits per heavy atom. The van der Waals surface area contributed by atoms with Gasteiger partial charge in [-0.15, -0.1) is 12.6 Å². The average Bonchev–Trinajstić information content (AvgIpc) is 2.15. The lowest BCUT2D eigenvalue weighted by atomic mass is 10.1. The minimum atomic E-state index is 0.173. The summed E-state index contributed by atoms with van der Waals surface area (Å²) < 4.78 is 5.70. The van der Waals surface area contributed by atoms with Crippen molar-refractivity contribution in [2.24, 2.45) is 5.92 Å². The van der Waals surface area contributed by atoms with Gasteiger partial charge in [-0.25, -0.2) is 0 Å². The van der Waals surface area contributed by atoms with Crippen molar-refractivity contribution >= 4 is 12.6 Å². The summed E-state index contributed by atoms with van der Waals surface area (Å²) >= 11 is 4.24. The van der Waals surface area contributed by atoms with Crippen LogP contribution in [0.4, 0.5) is 0 Å². The molecule has 0 bridgehead atoms. The number of thiol groups is 1. The minimum Gasteiger partial charge on any atom is -0.374 e. The monoisotopic (exact) mass is 210 g/mol. The number of ether oxygens (including phenoxy) is 1. The van der Waals surface area contributed by atoms with Crippen LogP contribution in [0.25, 0.3) is 0 Å². The molecule has 0 aliphatic rings. The number of hydrogen-bond acceptors (Lipinski definition) is 2. The van der Waals surface area contributed by atoms with E-state index in [0.717, 1.165) is 11.5 Å². The van der Waals surface area contributed by atoms with Crippen LogP contribution < -0.4 is 0 Å². The highest BCUT2D eigenvalue weighted by molar-refractivity contribution is 7.80. The normalized spacial score (nSPS) is 13.2. The summed E-state index contributed by atoms with van der Waals surface area (Å²) in [6.07, 6.45) is 0.173. The van der Waals surface area contributed by atoms with Crippen molar-refractivity contribution in [2.45, 2.75) is 31.8 Å². The second-order valence-corrected chi connectivity index (χ2v) is 4.48. The van der Waals surface area contributed by atoms with Gasteiger partial charge in [0, 0.05) is 11.5 Å². The van der Waals surface area contributed by atoms with Crippen molar-refractivity contribution in [1.29, 1.82) is 0 Å². The fourth-order valence-corrected chi connectivity index (χ4v) is 1.33. The van der Waals surface area contributed by atoms with Crippen molar-refractivity contribution in [1.82, 2.24) is 0 Å². The molecule has 0 N–H and O–H groups in total. The molecule has 0 saturated carbocycles. The van der Waals surface area contributed by atoms with Gasteiger partial charge in [-0.1, -0.05) is 26.0 Å². The molecule has 78 valence electrons. The van der Waals surface area contributed by atoms with Crippen molar-refractivity contribution in [3.63, 3.8) is 0 Å². The summed E-state index contributed by atoms with van der Waals surface area (Å²) in [5, 5.41) is 0. The molecular weight excluding hydrogens is 192 g/mol. The van der Waals surface area contributed by atoms with Crippen LogP contribution in [0.1, 0.15) is 32.4 Å². The summed E-state index contributed by atoms with van der Waals surface area (Å²) in [6, 6.07) is 8.11. The zero-order valence-corrected chi connectivity index (χ0v) is 9.92. The molecule has 0 aliphatic heterocycles. The van der Waals surface area contributed by atoms with Gasteiger partial charge >= 0.3 is 0 Å². The highest BCUT2D eigenvalue weighted by Gasteiger charge is 2.05. The van der Waals surface area contributed by atoms with Gasteiger partial charge in [0.15, 0.2) is 0 Å².